The number of anilines is 1. The third-order valence-corrected chi connectivity index (χ3v) is 6.50. The van der Waals surface area contributed by atoms with Gasteiger partial charge in [-0.3, -0.25) is 0 Å². The molecule has 7 heteroatoms. The fraction of sp³-hybridized carbons (Fsp3) is 0.0833. The van der Waals surface area contributed by atoms with Crippen LogP contribution in [0.5, 0.6) is 17.2 Å². The molecule has 1 aliphatic carbocycles. The number of nitrogen functional groups attached to an aromatic ring is 1. The van der Waals surface area contributed by atoms with Crippen molar-refractivity contribution >= 4 is 15.5 Å². The zero-order chi connectivity index (χ0) is 21.8. The van der Waals surface area contributed by atoms with E-state index in [1.165, 1.54) is 24.3 Å². The minimum atomic E-state index is -3.66. The monoisotopic (exact) mass is 434 g/mol. The molecule has 0 radical (unpaired) electrons. The summed E-state index contributed by atoms with van der Waals surface area (Å²) in [4.78, 5) is 0.361. The molecule has 0 spiro atoms. The summed E-state index contributed by atoms with van der Waals surface area (Å²) >= 11 is 0. The summed E-state index contributed by atoms with van der Waals surface area (Å²) in [6.07, 6.45) is 6.29. The number of hydrogen-bond acceptors (Lipinski definition) is 6. The van der Waals surface area contributed by atoms with Crippen molar-refractivity contribution in [3.05, 3.63) is 96.8 Å². The Kier molecular flexibility index (Phi) is 5.79. The van der Waals surface area contributed by atoms with Crippen LogP contribution in [-0.2, 0) is 9.84 Å². The van der Waals surface area contributed by atoms with E-state index in [2.05, 4.69) is 0 Å². The zero-order valence-corrected chi connectivity index (χ0v) is 17.5. The van der Waals surface area contributed by atoms with Crippen molar-refractivity contribution in [1.29, 1.82) is 0 Å². The normalized spacial score (nSPS) is 15.9. The van der Waals surface area contributed by atoms with Gasteiger partial charge < -0.3 is 20.9 Å². The molecule has 0 heterocycles. The number of sulfone groups is 1. The summed E-state index contributed by atoms with van der Waals surface area (Å²) in [6, 6.07) is 19.6. The Morgan fingerprint density at radius 2 is 1.23 bits per heavy atom. The number of allylic oxidation sites excluding steroid dienone is 1. The molecular weight excluding hydrogens is 412 g/mol. The maximum absolute atomic E-state index is 12.9. The maximum atomic E-state index is 12.9. The molecule has 0 aromatic heterocycles. The summed E-state index contributed by atoms with van der Waals surface area (Å²) in [7, 11) is -3.66. The summed E-state index contributed by atoms with van der Waals surface area (Å²) < 4.78 is 37.4. The maximum Gasteiger partial charge on any atom is 0.206 e. The minimum Gasteiger partial charge on any atom is -0.458 e. The third kappa shape index (κ3) is 4.96. The van der Waals surface area contributed by atoms with Crippen molar-refractivity contribution in [3.8, 4) is 17.2 Å². The van der Waals surface area contributed by atoms with Gasteiger partial charge in [-0.2, -0.15) is 0 Å². The van der Waals surface area contributed by atoms with Gasteiger partial charge in [-0.05, 0) is 91.4 Å². The predicted molar refractivity (Wildman–Crippen MR) is 120 cm³/mol. The molecule has 0 saturated carbocycles. The lowest BCUT2D eigenvalue weighted by Gasteiger charge is -2.13. The van der Waals surface area contributed by atoms with E-state index < -0.39 is 9.84 Å². The highest BCUT2D eigenvalue weighted by Crippen LogP contribution is 2.28. The Morgan fingerprint density at radius 3 is 1.71 bits per heavy atom. The van der Waals surface area contributed by atoms with E-state index >= 15 is 0 Å². The molecule has 0 aliphatic heterocycles. The van der Waals surface area contributed by atoms with Gasteiger partial charge in [0.25, 0.3) is 0 Å². The van der Waals surface area contributed by atoms with Gasteiger partial charge in [-0.15, -0.1) is 0 Å². The highest BCUT2D eigenvalue weighted by atomic mass is 32.2. The van der Waals surface area contributed by atoms with E-state index in [4.69, 9.17) is 20.9 Å². The van der Waals surface area contributed by atoms with Crippen molar-refractivity contribution in [3.63, 3.8) is 0 Å². The van der Waals surface area contributed by atoms with Crippen molar-refractivity contribution in [2.24, 2.45) is 5.73 Å². The molecule has 4 N–H and O–H groups in total. The molecule has 158 valence electrons. The predicted octanol–water partition coefficient (Wildman–Crippen LogP) is 4.44. The molecule has 0 saturated heterocycles. The first-order valence-corrected chi connectivity index (χ1v) is 11.2. The average Bonchev–Trinajstić information content (AvgIpc) is 2.78. The fourth-order valence-corrected chi connectivity index (χ4v) is 4.27. The first-order chi connectivity index (χ1) is 14.9. The van der Waals surface area contributed by atoms with Crippen LogP contribution in [0.15, 0.2) is 107 Å². The molecule has 3 aromatic carbocycles. The third-order valence-electron chi connectivity index (χ3n) is 4.72. The van der Waals surface area contributed by atoms with Crippen LogP contribution in [0, 0.1) is 0 Å². The zero-order valence-electron chi connectivity index (χ0n) is 16.6. The van der Waals surface area contributed by atoms with Crippen LogP contribution < -0.4 is 20.9 Å². The fourth-order valence-electron chi connectivity index (χ4n) is 3.01. The van der Waals surface area contributed by atoms with E-state index in [9.17, 15) is 8.42 Å². The Labute approximate surface area is 181 Å². The van der Waals surface area contributed by atoms with Crippen molar-refractivity contribution in [1.82, 2.24) is 0 Å². The summed E-state index contributed by atoms with van der Waals surface area (Å²) in [6.45, 7) is 0. The lowest BCUT2D eigenvalue weighted by Crippen LogP contribution is -2.18. The van der Waals surface area contributed by atoms with Crippen LogP contribution in [0.2, 0.25) is 0 Å². The number of rotatable bonds is 6. The van der Waals surface area contributed by atoms with Gasteiger partial charge in [0, 0.05) is 11.7 Å². The lowest BCUT2D eigenvalue weighted by atomic mass is 10.1. The second kappa shape index (κ2) is 8.67. The smallest absolute Gasteiger partial charge is 0.206 e. The Bertz CT molecular complexity index is 1210. The first-order valence-electron chi connectivity index (χ1n) is 9.70. The van der Waals surface area contributed by atoms with E-state index in [0.29, 0.717) is 35.1 Å². The highest BCUT2D eigenvalue weighted by Gasteiger charge is 2.18. The molecule has 0 amide bonds. The summed E-state index contributed by atoms with van der Waals surface area (Å²) in [5, 5.41) is 0. The molecule has 3 aromatic rings. The van der Waals surface area contributed by atoms with Gasteiger partial charge in [0.1, 0.15) is 23.0 Å². The second-order valence-electron chi connectivity index (χ2n) is 7.08. The molecule has 0 bridgehead atoms. The Morgan fingerprint density at radius 1 is 0.742 bits per heavy atom. The average molecular weight is 435 g/mol. The largest absolute Gasteiger partial charge is 0.458 e. The van der Waals surface area contributed by atoms with Crippen LogP contribution in [0.25, 0.3) is 0 Å². The molecule has 4 rings (SSSR count). The van der Waals surface area contributed by atoms with Crippen LogP contribution in [0.4, 0.5) is 5.69 Å². The quantitative estimate of drug-likeness (QED) is 0.556. The number of nitrogens with two attached hydrogens (primary N) is 2. The van der Waals surface area contributed by atoms with Gasteiger partial charge in [0.2, 0.25) is 9.84 Å². The van der Waals surface area contributed by atoms with Gasteiger partial charge in [0.05, 0.1) is 9.79 Å². The second-order valence-corrected chi connectivity index (χ2v) is 9.03. The van der Waals surface area contributed by atoms with Crippen LogP contribution >= 0.6 is 0 Å². The summed E-state index contributed by atoms with van der Waals surface area (Å²) in [5.41, 5.74) is 12.1. The van der Waals surface area contributed by atoms with Gasteiger partial charge >= 0.3 is 0 Å². The molecule has 31 heavy (non-hydrogen) atoms. The van der Waals surface area contributed by atoms with Crippen molar-refractivity contribution in [2.45, 2.75) is 22.3 Å². The Balaban J connectivity index is 1.46. The van der Waals surface area contributed by atoms with Crippen molar-refractivity contribution in [2.75, 3.05) is 5.73 Å². The number of ether oxygens (including phenoxy) is 2. The molecule has 1 aliphatic rings. The van der Waals surface area contributed by atoms with Gasteiger partial charge in [-0.1, -0.05) is 6.08 Å². The van der Waals surface area contributed by atoms with Crippen LogP contribution in [0.3, 0.4) is 0 Å². The van der Waals surface area contributed by atoms with Crippen LogP contribution in [0.1, 0.15) is 6.42 Å². The van der Waals surface area contributed by atoms with Gasteiger partial charge in [-0.25, -0.2) is 8.42 Å². The number of benzene rings is 3. The van der Waals surface area contributed by atoms with E-state index in [1.807, 2.05) is 18.2 Å². The molecular formula is C24H22N2O4S. The lowest BCUT2D eigenvalue weighted by molar-refractivity contribution is 0.437. The SMILES string of the molecule is Nc1ccc(Oc2ccc(S(=O)(=O)c3ccc(OC4=CCC(N)C=C4)cc3)cc2)cc1. The molecule has 6 nitrogen and oxygen atoms in total. The van der Waals surface area contributed by atoms with Crippen LogP contribution in [-0.4, -0.2) is 14.5 Å². The topological polar surface area (TPSA) is 105 Å². The van der Waals surface area contributed by atoms with E-state index in [0.717, 1.165) is 0 Å². The highest BCUT2D eigenvalue weighted by molar-refractivity contribution is 7.91. The van der Waals surface area contributed by atoms with E-state index in [1.54, 1.807) is 48.5 Å². The van der Waals surface area contributed by atoms with Crippen molar-refractivity contribution < 1.29 is 17.9 Å². The first kappa shape index (κ1) is 20.7. The standard InChI is InChI=1S/C24H22N2O4S/c25-17-1-5-19(6-2-17)29-21-9-13-23(14-10-21)31(27,28)24-15-11-22(12-16-24)30-20-7-3-18(26)4-8-20/h1-3,5-16,18H,4,25-26H2. The van der Waals surface area contributed by atoms with E-state index in [-0.39, 0.29) is 15.8 Å². The molecule has 0 fully saturated rings. The number of hydrogen-bond donors (Lipinski definition) is 2. The summed E-state index contributed by atoms with van der Waals surface area (Å²) in [5.74, 6) is 2.39. The molecule has 1 atom stereocenters. The Hall–Kier alpha value is -3.55. The molecule has 1 unspecified atom stereocenters. The minimum absolute atomic E-state index is 0.00291. The van der Waals surface area contributed by atoms with Gasteiger partial charge in [0.15, 0.2) is 0 Å².